The molecule has 1 heterocycles. The maximum Gasteiger partial charge on any atom is 0.258 e. The molecule has 0 bridgehead atoms. The van der Waals surface area contributed by atoms with Crippen molar-refractivity contribution in [3.8, 4) is 0 Å². The van der Waals surface area contributed by atoms with Gasteiger partial charge in [-0.15, -0.1) is 0 Å². The molecule has 2 aromatic rings. The highest BCUT2D eigenvalue weighted by Gasteiger charge is 2.16. The highest BCUT2D eigenvalue weighted by Crippen LogP contribution is 2.21. The van der Waals surface area contributed by atoms with Crippen LogP contribution in [0.3, 0.4) is 0 Å². The Morgan fingerprint density at radius 3 is 2.74 bits per heavy atom. The summed E-state index contributed by atoms with van der Waals surface area (Å²) < 4.78 is 26.3. The number of aromatic nitrogens is 1. The van der Waals surface area contributed by atoms with E-state index in [1.807, 2.05) is 6.92 Å². The van der Waals surface area contributed by atoms with Crippen molar-refractivity contribution in [1.29, 1.82) is 0 Å². The molecule has 1 aromatic carbocycles. The van der Waals surface area contributed by atoms with E-state index < -0.39 is 23.2 Å². The number of halogens is 3. The van der Waals surface area contributed by atoms with E-state index in [4.69, 9.17) is 11.6 Å². The van der Waals surface area contributed by atoms with Crippen LogP contribution in [0.15, 0.2) is 30.5 Å². The third-order valence-electron chi connectivity index (χ3n) is 2.52. The quantitative estimate of drug-likeness (QED) is 0.856. The molecule has 0 saturated heterocycles. The van der Waals surface area contributed by atoms with Gasteiger partial charge in [0.25, 0.3) is 5.91 Å². The van der Waals surface area contributed by atoms with E-state index in [-0.39, 0.29) is 0 Å². The Bertz CT molecular complexity index is 647. The molecule has 1 N–H and O–H groups in total. The second-order valence-corrected chi connectivity index (χ2v) is 4.29. The Labute approximate surface area is 113 Å². The van der Waals surface area contributed by atoms with Crippen LogP contribution >= 0.6 is 11.6 Å². The van der Waals surface area contributed by atoms with Crippen LogP contribution in [0, 0.1) is 18.7 Å². The summed E-state index contributed by atoms with van der Waals surface area (Å²) in [5, 5.41) is 2.91. The van der Waals surface area contributed by atoms with Crippen LogP contribution in [0.1, 0.15) is 15.9 Å². The molecule has 1 aromatic heterocycles. The van der Waals surface area contributed by atoms with Gasteiger partial charge >= 0.3 is 0 Å². The first kappa shape index (κ1) is 13.4. The minimum Gasteiger partial charge on any atom is -0.322 e. The maximum atomic E-state index is 13.4. The van der Waals surface area contributed by atoms with E-state index >= 15 is 0 Å². The molecule has 2 rings (SSSR count). The van der Waals surface area contributed by atoms with Crippen molar-refractivity contribution < 1.29 is 13.6 Å². The number of aryl methyl sites for hydroxylation is 1. The zero-order chi connectivity index (χ0) is 14.0. The minimum atomic E-state index is -1.31. The number of hydrogen-bond donors (Lipinski definition) is 1. The zero-order valence-electron chi connectivity index (χ0n) is 9.88. The molecule has 0 radical (unpaired) electrons. The van der Waals surface area contributed by atoms with Crippen LogP contribution in [0.5, 0.6) is 0 Å². The van der Waals surface area contributed by atoms with Crippen LogP contribution in [-0.2, 0) is 0 Å². The summed E-state index contributed by atoms with van der Waals surface area (Å²) in [6.45, 7) is 1.81. The molecule has 0 aliphatic carbocycles. The zero-order valence-corrected chi connectivity index (χ0v) is 10.6. The Balaban J connectivity index is 2.26. The molecule has 0 aliphatic heterocycles. The van der Waals surface area contributed by atoms with Crippen molar-refractivity contribution in [3.05, 3.63) is 58.4 Å². The number of nitrogens with one attached hydrogen (secondary N) is 1. The van der Waals surface area contributed by atoms with Gasteiger partial charge in [0.1, 0.15) is 0 Å². The predicted octanol–water partition coefficient (Wildman–Crippen LogP) is 3.57. The van der Waals surface area contributed by atoms with Gasteiger partial charge in [0.05, 0.1) is 5.56 Å². The van der Waals surface area contributed by atoms with Gasteiger partial charge in [-0.2, -0.15) is 4.39 Å². The van der Waals surface area contributed by atoms with Gasteiger partial charge in [-0.05, 0) is 30.7 Å². The van der Waals surface area contributed by atoms with Crippen molar-refractivity contribution in [2.45, 2.75) is 6.92 Å². The molecule has 0 unspecified atom stereocenters. The molecule has 0 fully saturated rings. The number of carbonyl (C=O) groups is 1. The first-order chi connectivity index (χ1) is 8.99. The Kier molecular flexibility index (Phi) is 3.76. The number of hydrogen-bond acceptors (Lipinski definition) is 2. The van der Waals surface area contributed by atoms with E-state index in [1.54, 1.807) is 12.1 Å². The van der Waals surface area contributed by atoms with E-state index in [1.165, 1.54) is 6.07 Å². The summed E-state index contributed by atoms with van der Waals surface area (Å²) in [5.41, 5.74) is 0.835. The Morgan fingerprint density at radius 2 is 2.05 bits per heavy atom. The molecule has 0 atom stereocenters. The lowest BCUT2D eigenvalue weighted by molar-refractivity contribution is 0.102. The SMILES string of the molecule is Cc1ccc(NC(=O)c2ccnc(F)c2F)cc1Cl. The molecule has 3 nitrogen and oxygen atoms in total. The summed E-state index contributed by atoms with van der Waals surface area (Å²) in [6, 6.07) is 5.96. The van der Waals surface area contributed by atoms with Crippen LogP contribution in [0.25, 0.3) is 0 Å². The topological polar surface area (TPSA) is 42.0 Å². The number of benzene rings is 1. The summed E-state index contributed by atoms with van der Waals surface area (Å²) in [4.78, 5) is 14.9. The monoisotopic (exact) mass is 282 g/mol. The maximum absolute atomic E-state index is 13.4. The fraction of sp³-hybridized carbons (Fsp3) is 0.0769. The first-order valence-corrected chi connectivity index (χ1v) is 5.74. The van der Waals surface area contributed by atoms with E-state index in [9.17, 15) is 13.6 Å². The second-order valence-electron chi connectivity index (χ2n) is 3.88. The molecular weight excluding hydrogens is 274 g/mol. The second kappa shape index (κ2) is 5.32. The van der Waals surface area contributed by atoms with Gasteiger partial charge in [0, 0.05) is 16.9 Å². The average Bonchev–Trinajstić information content (AvgIpc) is 2.37. The predicted molar refractivity (Wildman–Crippen MR) is 68.3 cm³/mol. The van der Waals surface area contributed by atoms with Crippen LogP contribution in [0.2, 0.25) is 5.02 Å². The number of nitrogens with zero attached hydrogens (tertiary/aromatic N) is 1. The van der Waals surface area contributed by atoms with E-state index in [0.717, 1.165) is 17.8 Å². The summed E-state index contributed by atoms with van der Waals surface area (Å²) in [5.74, 6) is -3.36. The van der Waals surface area contributed by atoms with Gasteiger partial charge in [-0.1, -0.05) is 17.7 Å². The van der Waals surface area contributed by atoms with E-state index in [2.05, 4.69) is 10.3 Å². The first-order valence-electron chi connectivity index (χ1n) is 5.36. The fourth-order valence-corrected chi connectivity index (χ4v) is 1.64. The number of anilines is 1. The third kappa shape index (κ3) is 2.88. The van der Waals surface area contributed by atoms with Crippen molar-refractivity contribution in [3.63, 3.8) is 0 Å². The standard InChI is InChI=1S/C13H9ClF2N2O/c1-7-2-3-8(6-10(7)14)18-13(19)9-4-5-17-12(16)11(9)15/h2-6H,1H3,(H,18,19). The summed E-state index contributed by atoms with van der Waals surface area (Å²) >= 11 is 5.90. The largest absolute Gasteiger partial charge is 0.322 e. The normalized spacial score (nSPS) is 10.3. The molecule has 19 heavy (non-hydrogen) atoms. The Hall–Kier alpha value is -2.01. The minimum absolute atomic E-state index is 0.400. The lowest BCUT2D eigenvalue weighted by Crippen LogP contribution is -2.15. The lowest BCUT2D eigenvalue weighted by atomic mass is 10.2. The molecule has 6 heteroatoms. The third-order valence-corrected chi connectivity index (χ3v) is 2.93. The number of rotatable bonds is 2. The smallest absolute Gasteiger partial charge is 0.258 e. The molecule has 0 saturated carbocycles. The molecule has 0 aliphatic rings. The molecule has 0 spiro atoms. The number of carbonyl (C=O) groups excluding carboxylic acids is 1. The lowest BCUT2D eigenvalue weighted by Gasteiger charge is -2.07. The van der Waals surface area contributed by atoms with Crippen molar-refractivity contribution >= 4 is 23.2 Å². The number of amides is 1. The van der Waals surface area contributed by atoms with Crippen LogP contribution < -0.4 is 5.32 Å². The highest BCUT2D eigenvalue weighted by atomic mass is 35.5. The van der Waals surface area contributed by atoms with Gasteiger partial charge in [-0.3, -0.25) is 4.79 Å². The van der Waals surface area contributed by atoms with Crippen molar-refractivity contribution in [1.82, 2.24) is 4.98 Å². The van der Waals surface area contributed by atoms with Crippen LogP contribution in [-0.4, -0.2) is 10.9 Å². The Morgan fingerprint density at radius 1 is 1.32 bits per heavy atom. The van der Waals surface area contributed by atoms with E-state index in [0.29, 0.717) is 10.7 Å². The van der Waals surface area contributed by atoms with Gasteiger partial charge in [0.2, 0.25) is 5.95 Å². The average molecular weight is 283 g/mol. The van der Waals surface area contributed by atoms with Crippen molar-refractivity contribution in [2.24, 2.45) is 0 Å². The highest BCUT2D eigenvalue weighted by molar-refractivity contribution is 6.31. The molecule has 1 amide bonds. The summed E-state index contributed by atoms with van der Waals surface area (Å²) in [7, 11) is 0. The number of pyridine rings is 1. The molecule has 98 valence electrons. The summed E-state index contributed by atoms with van der Waals surface area (Å²) in [6.07, 6.45) is 1.02. The van der Waals surface area contributed by atoms with Gasteiger partial charge in [-0.25, -0.2) is 9.37 Å². The van der Waals surface area contributed by atoms with Gasteiger partial charge in [0.15, 0.2) is 5.82 Å². The molecular formula is C13H9ClF2N2O. The fourth-order valence-electron chi connectivity index (χ4n) is 1.46. The van der Waals surface area contributed by atoms with Gasteiger partial charge < -0.3 is 5.32 Å². The van der Waals surface area contributed by atoms with Crippen LogP contribution in [0.4, 0.5) is 14.5 Å². The van der Waals surface area contributed by atoms with Crippen molar-refractivity contribution in [2.75, 3.05) is 5.32 Å².